The normalized spacial score (nSPS) is 10.8. The maximum absolute atomic E-state index is 12.7. The molecule has 2 N–H and O–H groups in total. The van der Waals surface area contributed by atoms with Crippen LogP contribution in [0.25, 0.3) is 11.0 Å². The number of aromatic nitrogens is 1. The van der Waals surface area contributed by atoms with Gasteiger partial charge in [-0.2, -0.15) is 0 Å². The summed E-state index contributed by atoms with van der Waals surface area (Å²) in [6, 6.07) is 8.62. The van der Waals surface area contributed by atoms with Crippen LogP contribution < -0.4 is 19.8 Å². The molecule has 0 saturated heterocycles. The van der Waals surface area contributed by atoms with Crippen molar-refractivity contribution >= 4 is 46.6 Å². The number of hydrogen-bond donors (Lipinski definition) is 2. The zero-order valence-electron chi connectivity index (χ0n) is 16.9. The minimum Gasteiger partial charge on any atom is -0.422 e. The lowest BCUT2D eigenvalue weighted by molar-refractivity contribution is 0.172. The molecule has 30 heavy (non-hydrogen) atoms. The number of hydrogen-bond acceptors (Lipinski definition) is 8. The van der Waals surface area contributed by atoms with Gasteiger partial charge in [-0.15, -0.1) is 0 Å². The van der Waals surface area contributed by atoms with E-state index in [2.05, 4.69) is 14.4 Å². The maximum Gasteiger partial charge on any atom is 0.414 e. The standard InChI is InChI=1S/C20H21ClN4O4S/c1-11-13-9-15(21)17(29-20(27)25(3)4)10-16(13)28-19(26)14(11)8-12-6-5-7-18(23-12)24-30-22-2/h5-7,9-10,22H,8H2,1-4H3,(H,23,24). The molecule has 0 unspecified atom stereocenters. The molecule has 0 aliphatic carbocycles. The van der Waals surface area contributed by atoms with Crippen LogP contribution in [0.5, 0.6) is 5.75 Å². The monoisotopic (exact) mass is 448 g/mol. The van der Waals surface area contributed by atoms with Gasteiger partial charge in [0, 0.05) is 55.4 Å². The smallest absolute Gasteiger partial charge is 0.414 e. The molecule has 2 heterocycles. The van der Waals surface area contributed by atoms with Crippen LogP contribution in [-0.4, -0.2) is 37.1 Å². The summed E-state index contributed by atoms with van der Waals surface area (Å²) in [5.41, 5.74) is 1.76. The van der Waals surface area contributed by atoms with E-state index in [4.69, 9.17) is 20.8 Å². The van der Waals surface area contributed by atoms with Crippen LogP contribution in [0, 0.1) is 6.92 Å². The summed E-state index contributed by atoms with van der Waals surface area (Å²) < 4.78 is 16.7. The van der Waals surface area contributed by atoms with Crippen LogP contribution in [0.15, 0.2) is 39.5 Å². The van der Waals surface area contributed by atoms with Crippen molar-refractivity contribution in [3.05, 3.63) is 62.6 Å². The number of carbonyl (C=O) groups is 1. The summed E-state index contributed by atoms with van der Waals surface area (Å²) in [5, 5.41) is 0.910. The highest BCUT2D eigenvalue weighted by Gasteiger charge is 2.17. The number of nitrogens with zero attached hydrogens (tertiary/aromatic N) is 2. The van der Waals surface area contributed by atoms with Crippen molar-refractivity contribution < 1.29 is 13.9 Å². The summed E-state index contributed by atoms with van der Waals surface area (Å²) in [6.07, 6.45) is -0.276. The van der Waals surface area contributed by atoms with Gasteiger partial charge in [0.25, 0.3) is 0 Å². The maximum atomic E-state index is 12.7. The van der Waals surface area contributed by atoms with Gasteiger partial charge in [0.2, 0.25) is 0 Å². The summed E-state index contributed by atoms with van der Waals surface area (Å²) in [7, 11) is 4.91. The number of aryl methyl sites for hydroxylation is 1. The number of ether oxygens (including phenoxy) is 1. The fraction of sp³-hybridized carbons (Fsp3) is 0.250. The third-order valence-corrected chi connectivity index (χ3v) is 5.14. The van der Waals surface area contributed by atoms with E-state index in [0.717, 1.165) is 5.56 Å². The van der Waals surface area contributed by atoms with Crippen molar-refractivity contribution in [2.75, 3.05) is 25.9 Å². The minimum absolute atomic E-state index is 0.126. The lowest BCUT2D eigenvalue weighted by Gasteiger charge is -2.13. The number of rotatable bonds is 6. The Morgan fingerprint density at radius 2 is 2.10 bits per heavy atom. The van der Waals surface area contributed by atoms with Gasteiger partial charge in [-0.25, -0.2) is 19.3 Å². The van der Waals surface area contributed by atoms with E-state index < -0.39 is 11.7 Å². The van der Waals surface area contributed by atoms with Crippen LogP contribution in [0.4, 0.5) is 10.6 Å². The number of fused-ring (bicyclic) bond motifs is 1. The lowest BCUT2D eigenvalue weighted by Crippen LogP contribution is -2.25. The molecule has 0 fully saturated rings. The average molecular weight is 449 g/mol. The third-order valence-electron chi connectivity index (χ3n) is 4.32. The van der Waals surface area contributed by atoms with Crippen molar-refractivity contribution in [2.45, 2.75) is 13.3 Å². The molecular weight excluding hydrogens is 428 g/mol. The van der Waals surface area contributed by atoms with Crippen LogP contribution in [-0.2, 0) is 6.42 Å². The Morgan fingerprint density at radius 1 is 1.33 bits per heavy atom. The van der Waals surface area contributed by atoms with Crippen molar-refractivity contribution in [1.82, 2.24) is 14.6 Å². The van der Waals surface area contributed by atoms with E-state index in [9.17, 15) is 9.59 Å². The number of halogens is 1. The Morgan fingerprint density at radius 3 is 2.80 bits per heavy atom. The molecule has 158 valence electrons. The Balaban J connectivity index is 1.97. The molecule has 1 amide bonds. The number of anilines is 1. The van der Waals surface area contributed by atoms with Gasteiger partial charge in [-0.05, 0) is 37.7 Å². The first-order valence-corrected chi connectivity index (χ1v) is 10.2. The van der Waals surface area contributed by atoms with Crippen molar-refractivity contribution in [3.63, 3.8) is 0 Å². The van der Waals surface area contributed by atoms with E-state index in [1.54, 1.807) is 27.2 Å². The molecule has 3 aromatic rings. The van der Waals surface area contributed by atoms with E-state index in [0.29, 0.717) is 34.5 Å². The molecule has 0 spiro atoms. The SMILES string of the molecule is CNSNc1cccc(Cc2c(C)c3cc(Cl)c(OC(=O)N(C)C)cc3oc2=O)n1. The molecule has 3 rings (SSSR count). The second-order valence-corrected chi connectivity index (χ2v) is 7.86. The van der Waals surface area contributed by atoms with Gasteiger partial charge in [0.15, 0.2) is 5.75 Å². The molecule has 0 radical (unpaired) electrons. The highest BCUT2D eigenvalue weighted by atomic mass is 35.5. The Kier molecular flexibility index (Phi) is 6.86. The van der Waals surface area contributed by atoms with Crippen molar-refractivity contribution in [2.24, 2.45) is 0 Å². The first kappa shape index (κ1) is 21.9. The number of amides is 1. The Bertz CT molecular complexity index is 1150. The van der Waals surface area contributed by atoms with E-state index >= 15 is 0 Å². The van der Waals surface area contributed by atoms with Crippen LogP contribution >= 0.6 is 23.7 Å². The molecular formula is C20H21ClN4O4S. The molecule has 8 nitrogen and oxygen atoms in total. The Labute approximate surface area is 182 Å². The van der Waals surface area contributed by atoms with Gasteiger partial charge in [-0.3, -0.25) is 0 Å². The van der Waals surface area contributed by atoms with Gasteiger partial charge in [0.1, 0.15) is 11.4 Å². The molecule has 0 saturated carbocycles. The number of carbonyl (C=O) groups excluding carboxylic acids is 1. The van der Waals surface area contributed by atoms with Gasteiger partial charge < -0.3 is 18.8 Å². The predicted molar refractivity (Wildman–Crippen MR) is 119 cm³/mol. The summed E-state index contributed by atoms with van der Waals surface area (Å²) in [6.45, 7) is 1.83. The first-order chi connectivity index (χ1) is 14.3. The first-order valence-electron chi connectivity index (χ1n) is 8.99. The highest BCUT2D eigenvalue weighted by molar-refractivity contribution is 7.98. The second-order valence-electron chi connectivity index (χ2n) is 6.63. The molecule has 0 aliphatic heterocycles. The van der Waals surface area contributed by atoms with Gasteiger partial charge >= 0.3 is 11.7 Å². The second kappa shape index (κ2) is 9.38. The molecule has 0 aliphatic rings. The van der Waals surface area contributed by atoms with Crippen LogP contribution in [0.2, 0.25) is 5.02 Å². The highest BCUT2D eigenvalue weighted by Crippen LogP contribution is 2.32. The summed E-state index contributed by atoms with van der Waals surface area (Å²) in [5.74, 6) is 0.797. The predicted octanol–water partition coefficient (Wildman–Crippen LogP) is 4.00. The summed E-state index contributed by atoms with van der Waals surface area (Å²) in [4.78, 5) is 30.3. The van der Waals surface area contributed by atoms with Crippen molar-refractivity contribution in [1.29, 1.82) is 0 Å². The molecule has 2 aromatic heterocycles. The molecule has 1 aromatic carbocycles. The van der Waals surface area contributed by atoms with Gasteiger partial charge in [-0.1, -0.05) is 17.7 Å². The largest absolute Gasteiger partial charge is 0.422 e. The fourth-order valence-corrected chi connectivity index (χ4v) is 3.30. The zero-order chi connectivity index (χ0) is 21.8. The van der Waals surface area contributed by atoms with E-state index in [-0.39, 0.29) is 10.8 Å². The topological polar surface area (TPSA) is 96.7 Å². The minimum atomic E-state index is -0.581. The van der Waals surface area contributed by atoms with Gasteiger partial charge in [0.05, 0.1) is 5.02 Å². The summed E-state index contributed by atoms with van der Waals surface area (Å²) >= 11 is 7.60. The number of nitrogens with one attached hydrogen (secondary N) is 2. The van der Waals surface area contributed by atoms with Crippen LogP contribution in [0.3, 0.4) is 0 Å². The lowest BCUT2D eigenvalue weighted by atomic mass is 10.0. The Hall–Kier alpha value is -2.75. The van der Waals surface area contributed by atoms with Crippen molar-refractivity contribution in [3.8, 4) is 5.75 Å². The zero-order valence-corrected chi connectivity index (χ0v) is 18.5. The van der Waals surface area contributed by atoms with Crippen LogP contribution in [0.1, 0.15) is 16.8 Å². The fourth-order valence-electron chi connectivity index (χ4n) is 2.78. The molecule has 0 bridgehead atoms. The third kappa shape index (κ3) is 4.86. The quantitative estimate of drug-likeness (QED) is 0.431. The van der Waals surface area contributed by atoms with E-state index in [1.807, 2.05) is 25.1 Å². The van der Waals surface area contributed by atoms with E-state index in [1.165, 1.54) is 23.1 Å². The molecule has 10 heteroatoms. The molecule has 0 atom stereocenters. The number of benzene rings is 1. The number of pyridine rings is 1. The average Bonchev–Trinajstić information content (AvgIpc) is 2.71.